The van der Waals surface area contributed by atoms with Crippen LogP contribution in [0.15, 0.2) is 42.7 Å². The number of rotatable bonds is 6. The van der Waals surface area contributed by atoms with Crippen LogP contribution in [0.25, 0.3) is 0 Å². The molecule has 1 aromatic heterocycles. The normalized spacial score (nSPS) is 12.3. The number of pyridine rings is 1. The summed E-state index contributed by atoms with van der Waals surface area (Å²) in [5, 5.41) is 4.29. The first kappa shape index (κ1) is 15.0. The lowest BCUT2D eigenvalue weighted by atomic mass is 9.99. The molecule has 2 aromatic rings. The van der Waals surface area contributed by atoms with Crippen molar-refractivity contribution in [2.75, 3.05) is 6.54 Å². The van der Waals surface area contributed by atoms with Gasteiger partial charge in [-0.15, -0.1) is 0 Å². The highest BCUT2D eigenvalue weighted by Crippen LogP contribution is 2.17. The summed E-state index contributed by atoms with van der Waals surface area (Å²) in [5.41, 5.74) is 3.80. The van der Waals surface area contributed by atoms with E-state index in [2.05, 4.69) is 48.4 Å². The van der Waals surface area contributed by atoms with Crippen LogP contribution in [0.1, 0.15) is 23.6 Å². The predicted molar refractivity (Wildman–Crippen MR) is 85.3 cm³/mol. The van der Waals surface area contributed by atoms with E-state index in [0.717, 1.165) is 30.0 Å². The second-order valence-corrected chi connectivity index (χ2v) is 5.52. The van der Waals surface area contributed by atoms with Crippen LogP contribution >= 0.6 is 11.6 Å². The summed E-state index contributed by atoms with van der Waals surface area (Å²) >= 11 is 6.20. The van der Waals surface area contributed by atoms with E-state index in [0.29, 0.717) is 6.04 Å². The van der Waals surface area contributed by atoms with Gasteiger partial charge in [-0.25, -0.2) is 0 Å². The van der Waals surface area contributed by atoms with E-state index in [-0.39, 0.29) is 0 Å². The first-order valence-corrected chi connectivity index (χ1v) is 7.44. The van der Waals surface area contributed by atoms with Gasteiger partial charge < -0.3 is 5.32 Å². The number of likely N-dealkylation sites (N-methyl/N-ethyl adjacent to an activating group) is 1. The van der Waals surface area contributed by atoms with Crippen LogP contribution in [0.4, 0.5) is 0 Å². The molecule has 1 unspecified atom stereocenters. The molecule has 0 bridgehead atoms. The maximum absolute atomic E-state index is 6.20. The van der Waals surface area contributed by atoms with Crippen molar-refractivity contribution in [2.24, 2.45) is 0 Å². The van der Waals surface area contributed by atoms with Gasteiger partial charge in [0.15, 0.2) is 0 Å². The topological polar surface area (TPSA) is 24.9 Å². The largest absolute Gasteiger partial charge is 0.314 e. The summed E-state index contributed by atoms with van der Waals surface area (Å²) in [5.74, 6) is 0. The number of hydrogen-bond donors (Lipinski definition) is 1. The fraction of sp³-hybridized carbons (Fsp3) is 0.353. The minimum absolute atomic E-state index is 0.391. The fourth-order valence-electron chi connectivity index (χ4n) is 2.35. The quantitative estimate of drug-likeness (QED) is 0.874. The molecule has 0 aliphatic heterocycles. The Hall–Kier alpha value is -1.38. The van der Waals surface area contributed by atoms with Gasteiger partial charge >= 0.3 is 0 Å². The Labute approximate surface area is 126 Å². The lowest BCUT2D eigenvalue weighted by molar-refractivity contribution is 0.521. The van der Waals surface area contributed by atoms with Crippen LogP contribution in [-0.4, -0.2) is 17.6 Å². The summed E-state index contributed by atoms with van der Waals surface area (Å²) in [6.07, 6.45) is 5.44. The van der Waals surface area contributed by atoms with Gasteiger partial charge in [-0.3, -0.25) is 4.98 Å². The molecule has 0 spiro atoms. The number of hydrogen-bond acceptors (Lipinski definition) is 2. The first-order chi connectivity index (χ1) is 9.69. The summed E-state index contributed by atoms with van der Waals surface area (Å²) in [6.45, 7) is 5.21. The van der Waals surface area contributed by atoms with Crippen LogP contribution in [0.5, 0.6) is 0 Å². The van der Waals surface area contributed by atoms with Crippen molar-refractivity contribution in [1.29, 1.82) is 0 Å². The third-order valence-corrected chi connectivity index (χ3v) is 3.76. The SMILES string of the molecule is CCNC(Cc1ccc(C)cc1)Cc1ccncc1Cl. The zero-order valence-electron chi connectivity index (χ0n) is 12.1. The van der Waals surface area contributed by atoms with Crippen molar-refractivity contribution in [3.05, 3.63) is 64.4 Å². The third-order valence-electron chi connectivity index (χ3n) is 3.42. The van der Waals surface area contributed by atoms with Crippen LogP contribution in [0, 0.1) is 6.92 Å². The molecule has 0 amide bonds. The van der Waals surface area contributed by atoms with Gasteiger partial charge in [0.2, 0.25) is 0 Å². The zero-order chi connectivity index (χ0) is 14.4. The smallest absolute Gasteiger partial charge is 0.0621 e. The molecular weight excluding hydrogens is 268 g/mol. The second-order valence-electron chi connectivity index (χ2n) is 5.12. The average Bonchev–Trinajstić information content (AvgIpc) is 2.44. The van der Waals surface area contributed by atoms with E-state index in [1.165, 1.54) is 11.1 Å². The van der Waals surface area contributed by atoms with E-state index < -0.39 is 0 Å². The summed E-state index contributed by atoms with van der Waals surface area (Å²) in [4.78, 5) is 4.04. The van der Waals surface area contributed by atoms with Crippen LogP contribution in [0.2, 0.25) is 5.02 Å². The van der Waals surface area contributed by atoms with Gasteiger partial charge in [-0.1, -0.05) is 48.4 Å². The Bertz CT molecular complexity index is 537. The zero-order valence-corrected chi connectivity index (χ0v) is 12.8. The van der Waals surface area contributed by atoms with Crippen molar-refractivity contribution in [1.82, 2.24) is 10.3 Å². The summed E-state index contributed by atoms with van der Waals surface area (Å²) < 4.78 is 0. The molecule has 1 heterocycles. The Kier molecular flexibility index (Phi) is 5.57. The molecule has 2 nitrogen and oxygen atoms in total. The van der Waals surface area contributed by atoms with E-state index in [1.54, 1.807) is 12.4 Å². The molecule has 1 atom stereocenters. The van der Waals surface area contributed by atoms with E-state index in [1.807, 2.05) is 6.07 Å². The van der Waals surface area contributed by atoms with Crippen molar-refractivity contribution in [3.63, 3.8) is 0 Å². The number of aromatic nitrogens is 1. The third kappa shape index (κ3) is 4.32. The molecule has 0 aliphatic rings. The summed E-state index contributed by atoms with van der Waals surface area (Å²) in [7, 11) is 0. The van der Waals surface area contributed by atoms with Gasteiger partial charge in [-0.2, -0.15) is 0 Å². The number of aryl methyl sites for hydroxylation is 1. The highest BCUT2D eigenvalue weighted by Gasteiger charge is 2.11. The Morgan fingerprint density at radius 3 is 2.55 bits per heavy atom. The van der Waals surface area contributed by atoms with Crippen molar-refractivity contribution >= 4 is 11.6 Å². The minimum atomic E-state index is 0.391. The molecule has 1 aromatic carbocycles. The molecule has 106 valence electrons. The van der Waals surface area contributed by atoms with E-state index in [4.69, 9.17) is 11.6 Å². The average molecular weight is 289 g/mol. The van der Waals surface area contributed by atoms with Gasteiger partial charge in [0.1, 0.15) is 0 Å². The van der Waals surface area contributed by atoms with Gasteiger partial charge in [0, 0.05) is 18.4 Å². The van der Waals surface area contributed by atoms with E-state index in [9.17, 15) is 0 Å². The Morgan fingerprint density at radius 1 is 1.15 bits per heavy atom. The lowest BCUT2D eigenvalue weighted by Crippen LogP contribution is -2.33. The lowest BCUT2D eigenvalue weighted by Gasteiger charge is -2.19. The van der Waals surface area contributed by atoms with Crippen molar-refractivity contribution < 1.29 is 0 Å². The number of nitrogens with zero attached hydrogens (tertiary/aromatic N) is 1. The molecule has 0 aliphatic carbocycles. The minimum Gasteiger partial charge on any atom is -0.314 e. The Balaban J connectivity index is 2.07. The summed E-state index contributed by atoms with van der Waals surface area (Å²) in [6, 6.07) is 11.1. The van der Waals surface area contributed by atoms with Gasteiger partial charge in [0.05, 0.1) is 5.02 Å². The molecule has 0 radical (unpaired) electrons. The monoisotopic (exact) mass is 288 g/mol. The number of benzene rings is 1. The Morgan fingerprint density at radius 2 is 1.90 bits per heavy atom. The highest BCUT2D eigenvalue weighted by atomic mass is 35.5. The fourth-order valence-corrected chi connectivity index (χ4v) is 2.55. The van der Waals surface area contributed by atoms with E-state index >= 15 is 0 Å². The molecule has 1 N–H and O–H groups in total. The molecule has 20 heavy (non-hydrogen) atoms. The number of halogens is 1. The van der Waals surface area contributed by atoms with Gasteiger partial charge in [-0.05, 0) is 43.5 Å². The molecule has 2 rings (SSSR count). The molecule has 3 heteroatoms. The predicted octanol–water partition coefficient (Wildman–Crippen LogP) is 3.81. The number of nitrogens with one attached hydrogen (secondary N) is 1. The standard InChI is InChI=1S/C17H21ClN2/c1-3-20-16(10-14-6-4-13(2)5-7-14)11-15-8-9-19-12-17(15)18/h4-9,12,16,20H,3,10-11H2,1-2H3. The van der Waals surface area contributed by atoms with Crippen molar-refractivity contribution in [3.8, 4) is 0 Å². The molecular formula is C17H21ClN2. The second kappa shape index (κ2) is 7.41. The van der Waals surface area contributed by atoms with Crippen LogP contribution in [0.3, 0.4) is 0 Å². The van der Waals surface area contributed by atoms with Gasteiger partial charge in [0.25, 0.3) is 0 Å². The first-order valence-electron chi connectivity index (χ1n) is 7.06. The van der Waals surface area contributed by atoms with Crippen LogP contribution in [-0.2, 0) is 12.8 Å². The molecule has 0 fully saturated rings. The highest BCUT2D eigenvalue weighted by molar-refractivity contribution is 6.31. The maximum Gasteiger partial charge on any atom is 0.0621 e. The molecule has 0 saturated carbocycles. The maximum atomic E-state index is 6.20. The van der Waals surface area contributed by atoms with Crippen molar-refractivity contribution in [2.45, 2.75) is 32.7 Å². The molecule has 0 saturated heterocycles. The van der Waals surface area contributed by atoms with Crippen LogP contribution < -0.4 is 5.32 Å².